The van der Waals surface area contributed by atoms with Crippen LogP contribution >= 0.6 is 0 Å². The third kappa shape index (κ3) is 4.29. The van der Waals surface area contributed by atoms with Crippen molar-refractivity contribution < 1.29 is 14.3 Å². The second-order valence-electron chi connectivity index (χ2n) is 4.98. The summed E-state index contributed by atoms with van der Waals surface area (Å²) in [5.74, 6) is -0.789. The number of hydrogen-bond acceptors (Lipinski definition) is 4. The van der Waals surface area contributed by atoms with Crippen LogP contribution in [0.15, 0.2) is 0 Å². The van der Waals surface area contributed by atoms with E-state index in [0.717, 1.165) is 25.9 Å². The Bertz CT molecular complexity index is 286. The minimum Gasteiger partial charge on any atom is -0.468 e. The number of carbonyl (C=O) groups is 2. The van der Waals surface area contributed by atoms with E-state index in [2.05, 4.69) is 22.0 Å². The van der Waals surface area contributed by atoms with E-state index >= 15 is 0 Å². The highest BCUT2D eigenvalue weighted by Gasteiger charge is 2.26. The molecule has 1 heterocycles. The number of esters is 1. The van der Waals surface area contributed by atoms with Gasteiger partial charge < -0.3 is 15.0 Å². The van der Waals surface area contributed by atoms with Gasteiger partial charge >= 0.3 is 5.97 Å². The molecule has 5 heteroatoms. The molecule has 1 fully saturated rings. The van der Waals surface area contributed by atoms with E-state index < -0.39 is 11.9 Å². The van der Waals surface area contributed by atoms with E-state index in [-0.39, 0.29) is 5.91 Å². The predicted octanol–water partition coefficient (Wildman–Crippen LogP) is 0.644. The molecule has 104 valence electrons. The average molecular weight is 256 g/mol. The Hall–Kier alpha value is -1.10. The molecule has 1 aliphatic heterocycles. The third-order valence-electron chi connectivity index (χ3n) is 3.61. The van der Waals surface area contributed by atoms with Crippen molar-refractivity contribution in [3.05, 3.63) is 0 Å². The summed E-state index contributed by atoms with van der Waals surface area (Å²) < 4.78 is 4.62. The lowest BCUT2D eigenvalue weighted by molar-refractivity contribution is -0.150. The van der Waals surface area contributed by atoms with Gasteiger partial charge in [0, 0.05) is 6.54 Å². The molecule has 0 saturated carbocycles. The lowest BCUT2D eigenvalue weighted by Crippen LogP contribution is -2.41. The van der Waals surface area contributed by atoms with Gasteiger partial charge in [0.05, 0.1) is 7.11 Å². The fourth-order valence-corrected chi connectivity index (χ4v) is 2.24. The van der Waals surface area contributed by atoms with Crippen LogP contribution in [0.1, 0.15) is 26.2 Å². The van der Waals surface area contributed by atoms with Crippen LogP contribution in [-0.2, 0) is 14.3 Å². The first-order valence-electron chi connectivity index (χ1n) is 6.62. The molecule has 0 aromatic heterocycles. The summed E-state index contributed by atoms with van der Waals surface area (Å²) in [4.78, 5) is 25.5. The second kappa shape index (κ2) is 7.36. The normalized spacial score (nSPS) is 19.3. The topological polar surface area (TPSA) is 58.6 Å². The molecular weight excluding hydrogens is 232 g/mol. The van der Waals surface area contributed by atoms with E-state index in [1.807, 2.05) is 6.92 Å². The molecule has 1 unspecified atom stereocenters. The molecule has 1 aliphatic rings. The first-order chi connectivity index (χ1) is 8.58. The van der Waals surface area contributed by atoms with E-state index in [1.54, 1.807) is 0 Å². The van der Waals surface area contributed by atoms with Gasteiger partial charge in [-0.25, -0.2) is 0 Å². The highest BCUT2D eigenvalue weighted by atomic mass is 16.5. The molecule has 0 aromatic carbocycles. The van der Waals surface area contributed by atoms with Gasteiger partial charge in [-0.3, -0.25) is 9.59 Å². The maximum absolute atomic E-state index is 11.9. The Morgan fingerprint density at radius 3 is 2.50 bits per heavy atom. The number of nitrogens with zero attached hydrogens (tertiary/aromatic N) is 1. The summed E-state index contributed by atoms with van der Waals surface area (Å²) >= 11 is 0. The maximum Gasteiger partial charge on any atom is 0.318 e. The Labute approximate surface area is 109 Å². The van der Waals surface area contributed by atoms with Crippen molar-refractivity contribution in [1.29, 1.82) is 0 Å². The quantitative estimate of drug-likeness (QED) is 0.579. The van der Waals surface area contributed by atoms with Gasteiger partial charge in [0.1, 0.15) is 5.92 Å². The summed E-state index contributed by atoms with van der Waals surface area (Å²) in [5, 5.41) is 2.88. The monoisotopic (exact) mass is 256 g/mol. The molecule has 1 N–H and O–H groups in total. The molecule has 0 radical (unpaired) electrons. The van der Waals surface area contributed by atoms with E-state index in [1.165, 1.54) is 7.11 Å². The van der Waals surface area contributed by atoms with E-state index in [9.17, 15) is 9.59 Å². The van der Waals surface area contributed by atoms with Crippen molar-refractivity contribution in [2.75, 3.05) is 33.8 Å². The minimum atomic E-state index is -0.665. The highest BCUT2D eigenvalue weighted by molar-refractivity contribution is 5.97. The molecule has 1 atom stereocenters. The van der Waals surface area contributed by atoms with Crippen LogP contribution in [0.4, 0.5) is 0 Å². The SMILES string of the molecule is CCC(C(=O)NCC1CCN(C)CC1)C(=O)OC. The first-order valence-corrected chi connectivity index (χ1v) is 6.62. The molecule has 0 aliphatic carbocycles. The number of rotatable bonds is 5. The molecule has 1 saturated heterocycles. The van der Waals surface area contributed by atoms with Crippen molar-refractivity contribution in [3.8, 4) is 0 Å². The Morgan fingerprint density at radius 1 is 1.39 bits per heavy atom. The van der Waals surface area contributed by atoms with Gasteiger partial charge in [-0.1, -0.05) is 6.92 Å². The van der Waals surface area contributed by atoms with Crippen molar-refractivity contribution >= 4 is 11.9 Å². The molecule has 0 aromatic rings. The number of methoxy groups -OCH3 is 1. The molecule has 18 heavy (non-hydrogen) atoms. The number of hydrogen-bond donors (Lipinski definition) is 1. The van der Waals surface area contributed by atoms with Crippen molar-refractivity contribution in [1.82, 2.24) is 10.2 Å². The lowest BCUT2D eigenvalue weighted by atomic mass is 9.96. The standard InChI is InChI=1S/C13H24N2O3/c1-4-11(13(17)18-3)12(16)14-9-10-5-7-15(2)8-6-10/h10-11H,4-9H2,1-3H3,(H,14,16). The van der Waals surface area contributed by atoms with Crippen LogP contribution in [0, 0.1) is 11.8 Å². The van der Waals surface area contributed by atoms with E-state index in [4.69, 9.17) is 0 Å². The third-order valence-corrected chi connectivity index (χ3v) is 3.61. The molecular formula is C13H24N2O3. The van der Waals surface area contributed by atoms with Gasteiger partial charge in [0.25, 0.3) is 0 Å². The van der Waals surface area contributed by atoms with Crippen LogP contribution in [-0.4, -0.2) is 50.6 Å². The van der Waals surface area contributed by atoms with Crippen molar-refractivity contribution in [2.24, 2.45) is 11.8 Å². The predicted molar refractivity (Wildman–Crippen MR) is 69.0 cm³/mol. The maximum atomic E-state index is 11.9. The summed E-state index contributed by atoms with van der Waals surface area (Å²) in [7, 11) is 3.43. The summed E-state index contributed by atoms with van der Waals surface area (Å²) in [6.07, 6.45) is 2.68. The second-order valence-corrected chi connectivity index (χ2v) is 4.98. The Kier molecular flexibility index (Phi) is 6.12. The van der Waals surface area contributed by atoms with Crippen LogP contribution in [0.2, 0.25) is 0 Å². The lowest BCUT2D eigenvalue weighted by Gasteiger charge is -2.29. The molecule has 1 rings (SSSR count). The zero-order valence-electron chi connectivity index (χ0n) is 11.6. The van der Waals surface area contributed by atoms with E-state index in [0.29, 0.717) is 18.9 Å². The molecule has 5 nitrogen and oxygen atoms in total. The number of amides is 1. The Morgan fingerprint density at radius 2 is 2.00 bits per heavy atom. The summed E-state index contributed by atoms with van der Waals surface area (Å²) in [6.45, 7) is 4.64. The van der Waals surface area contributed by atoms with Gasteiger partial charge in [-0.2, -0.15) is 0 Å². The fraction of sp³-hybridized carbons (Fsp3) is 0.846. The number of carbonyl (C=O) groups excluding carboxylic acids is 2. The highest BCUT2D eigenvalue weighted by Crippen LogP contribution is 2.15. The van der Waals surface area contributed by atoms with Crippen molar-refractivity contribution in [3.63, 3.8) is 0 Å². The minimum absolute atomic E-state index is 0.205. The van der Waals surface area contributed by atoms with Crippen LogP contribution < -0.4 is 5.32 Å². The summed E-state index contributed by atoms with van der Waals surface area (Å²) in [5.41, 5.74) is 0. The zero-order valence-corrected chi connectivity index (χ0v) is 11.6. The number of piperidine rings is 1. The molecule has 0 bridgehead atoms. The van der Waals surface area contributed by atoms with Crippen LogP contribution in [0.5, 0.6) is 0 Å². The number of likely N-dealkylation sites (tertiary alicyclic amines) is 1. The van der Waals surface area contributed by atoms with Gasteiger partial charge in [-0.05, 0) is 45.3 Å². The average Bonchev–Trinajstić information content (AvgIpc) is 2.38. The van der Waals surface area contributed by atoms with Crippen molar-refractivity contribution in [2.45, 2.75) is 26.2 Å². The first kappa shape index (κ1) is 15.0. The van der Waals surface area contributed by atoms with Crippen LogP contribution in [0.3, 0.4) is 0 Å². The van der Waals surface area contributed by atoms with Gasteiger partial charge in [0.15, 0.2) is 0 Å². The molecule has 1 amide bonds. The fourth-order valence-electron chi connectivity index (χ4n) is 2.24. The smallest absolute Gasteiger partial charge is 0.318 e. The van der Waals surface area contributed by atoms with Crippen LogP contribution in [0.25, 0.3) is 0 Å². The largest absolute Gasteiger partial charge is 0.468 e. The molecule has 0 spiro atoms. The summed E-state index contributed by atoms with van der Waals surface area (Å²) in [6, 6.07) is 0. The Balaban J connectivity index is 2.33. The van der Waals surface area contributed by atoms with Gasteiger partial charge in [-0.15, -0.1) is 0 Å². The van der Waals surface area contributed by atoms with Gasteiger partial charge in [0.2, 0.25) is 5.91 Å². The zero-order chi connectivity index (χ0) is 13.5. The number of nitrogens with one attached hydrogen (secondary N) is 1. The number of ether oxygens (including phenoxy) is 1.